The molecule has 2 rings (SSSR count). The van der Waals surface area contributed by atoms with E-state index in [1.54, 1.807) is 57.0 Å². The van der Waals surface area contributed by atoms with Gasteiger partial charge in [0, 0.05) is 18.8 Å². The molecule has 6 nitrogen and oxygen atoms in total. The maximum Gasteiger partial charge on any atom is 0.315 e. The van der Waals surface area contributed by atoms with Crippen LogP contribution in [0.1, 0.15) is 42.1 Å². The smallest absolute Gasteiger partial charge is 0.315 e. The van der Waals surface area contributed by atoms with Crippen LogP contribution in [-0.4, -0.2) is 27.5 Å². The molecule has 0 aliphatic carbocycles. The fraction of sp³-hybridized carbons (Fsp3) is 0.444. The van der Waals surface area contributed by atoms with Gasteiger partial charge < -0.3 is 15.7 Å². The standard InChI is InChI=1S/C18H25FN4O2/c1-11-6-14(7-12(2)16(11)19)13(3)22-17(24)20-10-18(4,25)15-8-21-23(5)9-15/h6-9,13,25H,10H2,1-5H3,(H2,20,22,24). The van der Waals surface area contributed by atoms with E-state index in [2.05, 4.69) is 15.7 Å². The summed E-state index contributed by atoms with van der Waals surface area (Å²) in [6, 6.07) is 2.75. The number of aryl methyl sites for hydroxylation is 3. The third-order valence-corrected chi connectivity index (χ3v) is 4.23. The van der Waals surface area contributed by atoms with E-state index in [-0.39, 0.29) is 18.4 Å². The van der Waals surface area contributed by atoms with E-state index in [1.807, 2.05) is 6.92 Å². The molecule has 1 heterocycles. The van der Waals surface area contributed by atoms with Crippen LogP contribution in [0.5, 0.6) is 0 Å². The zero-order valence-corrected chi connectivity index (χ0v) is 15.2. The van der Waals surface area contributed by atoms with Crippen molar-refractivity contribution in [3.8, 4) is 0 Å². The Morgan fingerprint density at radius 3 is 2.52 bits per heavy atom. The first-order valence-corrected chi connectivity index (χ1v) is 8.12. The fourth-order valence-electron chi connectivity index (χ4n) is 2.61. The zero-order chi connectivity index (χ0) is 18.8. The molecule has 0 radical (unpaired) electrons. The Bertz CT molecular complexity index is 747. The number of urea groups is 1. The second-order valence-corrected chi connectivity index (χ2v) is 6.69. The van der Waals surface area contributed by atoms with Gasteiger partial charge in [-0.25, -0.2) is 9.18 Å². The molecule has 0 fully saturated rings. The van der Waals surface area contributed by atoms with Crippen molar-refractivity contribution in [2.24, 2.45) is 7.05 Å². The fourth-order valence-corrected chi connectivity index (χ4v) is 2.61. The van der Waals surface area contributed by atoms with Crippen LogP contribution in [0.2, 0.25) is 0 Å². The van der Waals surface area contributed by atoms with Gasteiger partial charge in [0.05, 0.1) is 18.8 Å². The summed E-state index contributed by atoms with van der Waals surface area (Å²) in [4.78, 5) is 12.1. The van der Waals surface area contributed by atoms with Gasteiger partial charge in [-0.2, -0.15) is 5.10 Å². The molecule has 136 valence electrons. The minimum Gasteiger partial charge on any atom is -0.383 e. The summed E-state index contributed by atoms with van der Waals surface area (Å²) in [6.07, 6.45) is 3.26. The molecule has 0 saturated heterocycles. The third-order valence-electron chi connectivity index (χ3n) is 4.23. The van der Waals surface area contributed by atoms with Crippen molar-refractivity contribution in [1.82, 2.24) is 20.4 Å². The first kappa shape index (κ1) is 18.9. The summed E-state index contributed by atoms with van der Waals surface area (Å²) in [5, 5.41) is 19.9. The molecule has 2 unspecified atom stereocenters. The number of rotatable bonds is 5. The van der Waals surface area contributed by atoms with Crippen LogP contribution >= 0.6 is 0 Å². The maximum absolute atomic E-state index is 13.7. The predicted octanol–water partition coefficient (Wildman–Crippen LogP) is 2.44. The van der Waals surface area contributed by atoms with Gasteiger partial charge in [-0.15, -0.1) is 0 Å². The highest BCUT2D eigenvalue weighted by atomic mass is 19.1. The molecule has 0 bridgehead atoms. The molecule has 2 aromatic rings. The summed E-state index contributed by atoms with van der Waals surface area (Å²) >= 11 is 0. The van der Waals surface area contributed by atoms with Crippen LogP contribution in [0.4, 0.5) is 9.18 Å². The summed E-state index contributed by atoms with van der Waals surface area (Å²) in [5.41, 5.74) is 1.31. The van der Waals surface area contributed by atoms with Crippen molar-refractivity contribution < 1.29 is 14.3 Å². The third kappa shape index (κ3) is 4.57. The number of halogens is 1. The number of benzene rings is 1. The average molecular weight is 348 g/mol. The van der Waals surface area contributed by atoms with Crippen LogP contribution < -0.4 is 10.6 Å². The lowest BCUT2D eigenvalue weighted by atomic mass is 10.00. The molecule has 2 amide bonds. The molecule has 0 saturated carbocycles. The van der Waals surface area contributed by atoms with Crippen molar-refractivity contribution in [1.29, 1.82) is 0 Å². The minimum absolute atomic E-state index is 0.0404. The Balaban J connectivity index is 1.96. The Morgan fingerprint density at radius 2 is 2.00 bits per heavy atom. The summed E-state index contributed by atoms with van der Waals surface area (Å²) in [7, 11) is 1.76. The van der Waals surface area contributed by atoms with Gasteiger partial charge in [-0.05, 0) is 44.4 Å². The second kappa shape index (κ2) is 7.23. The number of nitrogens with zero attached hydrogens (tertiary/aromatic N) is 2. The zero-order valence-electron chi connectivity index (χ0n) is 15.2. The largest absolute Gasteiger partial charge is 0.383 e. The Morgan fingerprint density at radius 1 is 1.40 bits per heavy atom. The summed E-state index contributed by atoms with van der Waals surface area (Å²) in [5.74, 6) is -0.229. The van der Waals surface area contributed by atoms with E-state index in [9.17, 15) is 14.3 Å². The highest BCUT2D eigenvalue weighted by Crippen LogP contribution is 2.21. The first-order chi connectivity index (χ1) is 11.6. The van der Waals surface area contributed by atoms with E-state index < -0.39 is 11.6 Å². The molecular weight excluding hydrogens is 323 g/mol. The van der Waals surface area contributed by atoms with E-state index in [1.165, 1.54) is 0 Å². The van der Waals surface area contributed by atoms with Crippen LogP contribution in [-0.2, 0) is 12.6 Å². The predicted molar refractivity (Wildman–Crippen MR) is 93.6 cm³/mol. The lowest BCUT2D eigenvalue weighted by molar-refractivity contribution is 0.0592. The van der Waals surface area contributed by atoms with Gasteiger partial charge in [0.15, 0.2) is 0 Å². The van der Waals surface area contributed by atoms with Crippen molar-refractivity contribution in [2.45, 2.75) is 39.3 Å². The molecule has 0 aliphatic rings. The maximum atomic E-state index is 13.7. The molecule has 1 aromatic heterocycles. The van der Waals surface area contributed by atoms with Gasteiger partial charge in [-0.1, -0.05) is 12.1 Å². The molecule has 25 heavy (non-hydrogen) atoms. The van der Waals surface area contributed by atoms with Gasteiger partial charge in [0.2, 0.25) is 0 Å². The average Bonchev–Trinajstić information content (AvgIpc) is 2.97. The second-order valence-electron chi connectivity index (χ2n) is 6.69. The number of carbonyl (C=O) groups is 1. The van der Waals surface area contributed by atoms with Crippen molar-refractivity contribution >= 4 is 6.03 Å². The lowest BCUT2D eigenvalue weighted by Crippen LogP contribution is -2.44. The first-order valence-electron chi connectivity index (χ1n) is 8.12. The van der Waals surface area contributed by atoms with Gasteiger partial charge in [0.1, 0.15) is 11.4 Å². The molecule has 0 aliphatic heterocycles. The summed E-state index contributed by atoms with van der Waals surface area (Å²) in [6.45, 7) is 6.87. The van der Waals surface area contributed by atoms with Gasteiger partial charge in [-0.3, -0.25) is 4.68 Å². The quantitative estimate of drug-likeness (QED) is 0.776. The lowest BCUT2D eigenvalue weighted by Gasteiger charge is -2.23. The normalized spacial score (nSPS) is 14.7. The van der Waals surface area contributed by atoms with E-state index >= 15 is 0 Å². The highest BCUT2D eigenvalue weighted by molar-refractivity contribution is 5.74. The summed E-state index contributed by atoms with van der Waals surface area (Å²) < 4.78 is 15.3. The molecule has 0 spiro atoms. The van der Waals surface area contributed by atoms with Crippen LogP contribution in [0.15, 0.2) is 24.5 Å². The number of hydrogen-bond donors (Lipinski definition) is 3. The molecule has 7 heteroatoms. The topological polar surface area (TPSA) is 79.2 Å². The Kier molecular flexibility index (Phi) is 5.47. The number of aliphatic hydroxyl groups is 1. The Labute approximate surface area is 147 Å². The number of nitrogens with one attached hydrogen (secondary N) is 2. The van der Waals surface area contributed by atoms with Crippen molar-refractivity contribution in [3.63, 3.8) is 0 Å². The van der Waals surface area contributed by atoms with Gasteiger partial charge >= 0.3 is 6.03 Å². The minimum atomic E-state index is -1.22. The molecule has 2 atom stereocenters. The van der Waals surface area contributed by atoms with E-state index in [0.29, 0.717) is 16.7 Å². The van der Waals surface area contributed by atoms with Crippen LogP contribution in [0.25, 0.3) is 0 Å². The van der Waals surface area contributed by atoms with Gasteiger partial charge in [0.25, 0.3) is 0 Å². The van der Waals surface area contributed by atoms with Crippen molar-refractivity contribution in [2.75, 3.05) is 6.54 Å². The SMILES string of the molecule is Cc1cc(C(C)NC(=O)NCC(C)(O)c2cnn(C)c2)cc(C)c1F. The molecule has 3 N–H and O–H groups in total. The van der Waals surface area contributed by atoms with Crippen LogP contribution in [0.3, 0.4) is 0 Å². The monoisotopic (exact) mass is 348 g/mol. The number of aromatic nitrogens is 2. The van der Waals surface area contributed by atoms with E-state index in [4.69, 9.17) is 0 Å². The highest BCUT2D eigenvalue weighted by Gasteiger charge is 2.25. The van der Waals surface area contributed by atoms with Crippen molar-refractivity contribution in [3.05, 3.63) is 52.6 Å². The number of hydrogen-bond acceptors (Lipinski definition) is 3. The van der Waals surface area contributed by atoms with Crippen LogP contribution in [0, 0.1) is 19.7 Å². The van der Waals surface area contributed by atoms with E-state index in [0.717, 1.165) is 5.56 Å². The molecular formula is C18H25FN4O2. The molecule has 1 aromatic carbocycles. The number of carbonyl (C=O) groups excluding carboxylic acids is 1. The number of amides is 2. The Hall–Kier alpha value is -2.41.